The lowest BCUT2D eigenvalue weighted by Gasteiger charge is -2.37. The summed E-state index contributed by atoms with van der Waals surface area (Å²) in [5.41, 5.74) is -0.550. The lowest BCUT2D eigenvalue weighted by atomic mass is 9.66. The molecule has 2 atom stereocenters. The van der Waals surface area contributed by atoms with Crippen molar-refractivity contribution in [3.63, 3.8) is 0 Å². The van der Waals surface area contributed by atoms with Crippen molar-refractivity contribution in [3.05, 3.63) is 0 Å². The van der Waals surface area contributed by atoms with Gasteiger partial charge in [-0.05, 0) is 43.9 Å². The van der Waals surface area contributed by atoms with Crippen LogP contribution in [0.1, 0.15) is 57.8 Å². The van der Waals surface area contributed by atoms with Crippen molar-refractivity contribution in [2.75, 3.05) is 6.61 Å². The molecule has 2 unspecified atom stereocenters. The van der Waals surface area contributed by atoms with E-state index in [1.165, 1.54) is 38.5 Å². The number of rotatable bonds is 3. The van der Waals surface area contributed by atoms with Crippen molar-refractivity contribution in [3.8, 4) is 0 Å². The van der Waals surface area contributed by atoms with E-state index < -0.39 is 11.4 Å². The number of carbonyl (C=O) groups is 1. The van der Waals surface area contributed by atoms with E-state index in [-0.39, 0.29) is 6.10 Å². The minimum absolute atomic E-state index is 0.0121. The van der Waals surface area contributed by atoms with Gasteiger partial charge in [-0.25, -0.2) is 0 Å². The van der Waals surface area contributed by atoms with Crippen LogP contribution in [0.15, 0.2) is 0 Å². The first kappa shape index (κ1) is 12.5. The zero-order valence-corrected chi connectivity index (χ0v) is 11.1. The second-order valence-corrected chi connectivity index (χ2v) is 6.41. The van der Waals surface area contributed by atoms with E-state index in [1.807, 2.05) is 0 Å². The van der Waals surface area contributed by atoms with Gasteiger partial charge >= 0.3 is 5.97 Å². The van der Waals surface area contributed by atoms with Crippen LogP contribution in [0.3, 0.4) is 0 Å². The lowest BCUT2D eigenvalue weighted by Crippen LogP contribution is -2.46. The molecule has 18 heavy (non-hydrogen) atoms. The van der Waals surface area contributed by atoms with E-state index in [9.17, 15) is 9.90 Å². The minimum Gasteiger partial charge on any atom is -0.481 e. The Balaban J connectivity index is 1.86. The molecule has 102 valence electrons. The molecular weight excluding hydrogens is 228 g/mol. The SMILES string of the molecule is O=C(O)C1(C2CCCCCC2)CCOC1C1CC1. The van der Waals surface area contributed by atoms with Crippen molar-refractivity contribution in [1.29, 1.82) is 0 Å². The van der Waals surface area contributed by atoms with Crippen molar-refractivity contribution in [2.24, 2.45) is 17.3 Å². The van der Waals surface area contributed by atoms with Crippen molar-refractivity contribution in [2.45, 2.75) is 63.9 Å². The van der Waals surface area contributed by atoms with Gasteiger partial charge in [0.15, 0.2) is 0 Å². The molecule has 3 heteroatoms. The predicted molar refractivity (Wildman–Crippen MR) is 68.3 cm³/mol. The summed E-state index contributed by atoms with van der Waals surface area (Å²) < 4.78 is 5.87. The molecule has 3 nitrogen and oxygen atoms in total. The number of carboxylic acids is 1. The Morgan fingerprint density at radius 1 is 1.06 bits per heavy atom. The Morgan fingerprint density at radius 3 is 2.28 bits per heavy atom. The molecule has 0 aromatic heterocycles. The molecule has 0 bridgehead atoms. The number of carboxylic acid groups (broad SMARTS) is 1. The van der Waals surface area contributed by atoms with Crippen LogP contribution in [0.25, 0.3) is 0 Å². The van der Waals surface area contributed by atoms with E-state index >= 15 is 0 Å². The molecule has 0 aromatic rings. The van der Waals surface area contributed by atoms with E-state index in [2.05, 4.69) is 0 Å². The summed E-state index contributed by atoms with van der Waals surface area (Å²) in [7, 11) is 0. The molecule has 3 fully saturated rings. The van der Waals surface area contributed by atoms with Crippen molar-refractivity contribution in [1.82, 2.24) is 0 Å². The standard InChI is InChI=1S/C15H24O3/c16-14(17)15(12-5-3-1-2-4-6-12)9-10-18-13(15)11-7-8-11/h11-13H,1-10H2,(H,16,17). The Morgan fingerprint density at radius 2 is 1.72 bits per heavy atom. The van der Waals surface area contributed by atoms with Crippen LogP contribution >= 0.6 is 0 Å². The maximum atomic E-state index is 12.0. The normalized spacial score (nSPS) is 38.6. The number of hydrogen-bond donors (Lipinski definition) is 1. The fraction of sp³-hybridized carbons (Fsp3) is 0.933. The highest BCUT2D eigenvalue weighted by Gasteiger charge is 2.59. The molecule has 3 rings (SSSR count). The summed E-state index contributed by atoms with van der Waals surface area (Å²) in [4.78, 5) is 12.0. The molecule has 3 aliphatic rings. The maximum Gasteiger partial charge on any atom is 0.312 e. The predicted octanol–water partition coefficient (Wildman–Crippen LogP) is 3.23. The molecule has 1 saturated heterocycles. The van der Waals surface area contributed by atoms with Crippen molar-refractivity contribution >= 4 is 5.97 Å². The Bertz CT molecular complexity index is 316. The zero-order chi connectivity index (χ0) is 12.6. The number of ether oxygens (including phenoxy) is 1. The smallest absolute Gasteiger partial charge is 0.312 e. The molecule has 0 spiro atoms. The van der Waals surface area contributed by atoms with Gasteiger partial charge in [0.25, 0.3) is 0 Å². The van der Waals surface area contributed by atoms with Gasteiger partial charge < -0.3 is 9.84 Å². The van der Waals surface area contributed by atoms with Crippen molar-refractivity contribution < 1.29 is 14.6 Å². The van der Waals surface area contributed by atoms with E-state index in [0.29, 0.717) is 18.4 Å². The Kier molecular flexibility index (Phi) is 3.35. The molecule has 2 aliphatic carbocycles. The van der Waals surface area contributed by atoms with Gasteiger partial charge in [0.05, 0.1) is 11.5 Å². The average molecular weight is 252 g/mol. The zero-order valence-electron chi connectivity index (χ0n) is 11.1. The third kappa shape index (κ3) is 1.97. The van der Waals surface area contributed by atoms with Crippen LogP contribution in [-0.4, -0.2) is 23.8 Å². The molecule has 2 saturated carbocycles. The van der Waals surface area contributed by atoms with Gasteiger partial charge in [0.2, 0.25) is 0 Å². The quantitative estimate of drug-likeness (QED) is 0.784. The van der Waals surface area contributed by atoms with Crippen LogP contribution in [0.5, 0.6) is 0 Å². The van der Waals surface area contributed by atoms with Crippen LogP contribution in [-0.2, 0) is 9.53 Å². The average Bonchev–Trinajstić information content (AvgIpc) is 3.14. The van der Waals surface area contributed by atoms with E-state index in [1.54, 1.807) is 0 Å². The lowest BCUT2D eigenvalue weighted by molar-refractivity contribution is -0.159. The second-order valence-electron chi connectivity index (χ2n) is 6.41. The summed E-state index contributed by atoms with van der Waals surface area (Å²) in [6, 6.07) is 0. The van der Waals surface area contributed by atoms with Gasteiger partial charge in [-0.1, -0.05) is 25.7 Å². The van der Waals surface area contributed by atoms with Crippen LogP contribution in [0, 0.1) is 17.3 Å². The van der Waals surface area contributed by atoms with E-state index in [4.69, 9.17) is 4.74 Å². The first-order valence-electron chi connectivity index (χ1n) is 7.60. The third-order valence-electron chi connectivity index (χ3n) is 5.35. The van der Waals surface area contributed by atoms with Crippen LogP contribution < -0.4 is 0 Å². The molecule has 0 aromatic carbocycles. The fourth-order valence-corrected chi connectivity index (χ4v) is 4.24. The van der Waals surface area contributed by atoms with E-state index in [0.717, 1.165) is 19.3 Å². The molecular formula is C15H24O3. The van der Waals surface area contributed by atoms with Gasteiger partial charge in [0.1, 0.15) is 0 Å². The molecule has 0 amide bonds. The highest BCUT2D eigenvalue weighted by molar-refractivity contribution is 5.76. The molecule has 1 heterocycles. The van der Waals surface area contributed by atoms with Gasteiger partial charge in [-0.15, -0.1) is 0 Å². The summed E-state index contributed by atoms with van der Waals surface area (Å²) in [6.07, 6.45) is 10.3. The second kappa shape index (κ2) is 4.84. The summed E-state index contributed by atoms with van der Waals surface area (Å²) in [6.45, 7) is 0.657. The molecule has 1 aliphatic heterocycles. The highest BCUT2D eigenvalue weighted by Crippen LogP contribution is 2.54. The van der Waals surface area contributed by atoms with Crippen LogP contribution in [0.4, 0.5) is 0 Å². The van der Waals surface area contributed by atoms with Gasteiger partial charge in [-0.2, -0.15) is 0 Å². The number of hydrogen-bond acceptors (Lipinski definition) is 2. The van der Waals surface area contributed by atoms with Gasteiger partial charge in [-0.3, -0.25) is 4.79 Å². The fourth-order valence-electron chi connectivity index (χ4n) is 4.24. The number of aliphatic carboxylic acids is 1. The maximum absolute atomic E-state index is 12.0. The Hall–Kier alpha value is -0.570. The largest absolute Gasteiger partial charge is 0.481 e. The first-order valence-corrected chi connectivity index (χ1v) is 7.60. The summed E-state index contributed by atoms with van der Waals surface area (Å²) >= 11 is 0. The third-order valence-corrected chi connectivity index (χ3v) is 5.35. The topological polar surface area (TPSA) is 46.5 Å². The first-order chi connectivity index (χ1) is 8.75. The van der Waals surface area contributed by atoms with Crippen LogP contribution in [0.2, 0.25) is 0 Å². The van der Waals surface area contributed by atoms with Gasteiger partial charge in [0, 0.05) is 6.61 Å². The highest BCUT2D eigenvalue weighted by atomic mass is 16.5. The minimum atomic E-state index is -0.580. The molecule has 0 radical (unpaired) electrons. The Labute approximate surface area is 109 Å². The monoisotopic (exact) mass is 252 g/mol. The molecule has 1 N–H and O–H groups in total. The summed E-state index contributed by atoms with van der Waals surface area (Å²) in [5.74, 6) is 0.307. The summed E-state index contributed by atoms with van der Waals surface area (Å²) in [5, 5.41) is 9.87.